The second-order valence-corrected chi connectivity index (χ2v) is 4.96. The Morgan fingerprint density at radius 3 is 2.69 bits per heavy atom. The van der Waals surface area contributed by atoms with Gasteiger partial charge in [-0.1, -0.05) is 0 Å². The number of sulfonamides is 1. The average Bonchev–Trinajstić information content (AvgIpc) is 2.63. The molecule has 2 N–H and O–H groups in total. The SMILES string of the molecule is Cn1cc(S(=O)(=O)NCC(F)(F)CO)cn1. The molecule has 0 unspecified atom stereocenters. The molecule has 1 aromatic rings. The van der Waals surface area contributed by atoms with Crippen LogP contribution in [0, 0.1) is 0 Å². The number of rotatable bonds is 5. The van der Waals surface area contributed by atoms with Crippen LogP contribution in [0.5, 0.6) is 0 Å². The lowest BCUT2D eigenvalue weighted by Gasteiger charge is -2.13. The van der Waals surface area contributed by atoms with E-state index in [1.165, 1.54) is 17.9 Å². The molecule has 0 radical (unpaired) electrons. The second kappa shape index (κ2) is 4.44. The van der Waals surface area contributed by atoms with Crippen LogP contribution in [0.1, 0.15) is 0 Å². The second-order valence-electron chi connectivity index (χ2n) is 3.19. The van der Waals surface area contributed by atoms with Crippen LogP contribution in [0.3, 0.4) is 0 Å². The van der Waals surface area contributed by atoms with Gasteiger partial charge in [0.2, 0.25) is 10.0 Å². The molecule has 0 fully saturated rings. The lowest BCUT2D eigenvalue weighted by Crippen LogP contribution is -2.38. The molecule has 1 heterocycles. The number of aliphatic hydroxyl groups is 1. The molecule has 92 valence electrons. The highest BCUT2D eigenvalue weighted by molar-refractivity contribution is 7.89. The Kier molecular flexibility index (Phi) is 3.61. The molecule has 0 amide bonds. The Bertz CT molecular complexity index is 457. The van der Waals surface area contributed by atoms with Crippen molar-refractivity contribution in [1.82, 2.24) is 14.5 Å². The van der Waals surface area contributed by atoms with E-state index in [9.17, 15) is 17.2 Å². The number of aliphatic hydroxyl groups excluding tert-OH is 1. The van der Waals surface area contributed by atoms with E-state index in [0.29, 0.717) is 0 Å². The highest BCUT2D eigenvalue weighted by atomic mass is 32.2. The molecule has 0 spiro atoms. The first-order valence-electron chi connectivity index (χ1n) is 4.24. The third-order valence-electron chi connectivity index (χ3n) is 1.74. The van der Waals surface area contributed by atoms with Crippen LogP contribution < -0.4 is 4.72 Å². The number of halogens is 2. The summed E-state index contributed by atoms with van der Waals surface area (Å²) in [5.41, 5.74) is 0. The van der Waals surface area contributed by atoms with Gasteiger partial charge in [0.05, 0.1) is 12.7 Å². The quantitative estimate of drug-likeness (QED) is 0.730. The van der Waals surface area contributed by atoms with Crippen LogP contribution in [0.4, 0.5) is 8.78 Å². The van der Waals surface area contributed by atoms with Crippen LogP contribution in [-0.4, -0.2) is 42.4 Å². The van der Waals surface area contributed by atoms with E-state index in [4.69, 9.17) is 5.11 Å². The van der Waals surface area contributed by atoms with Gasteiger partial charge in [-0.25, -0.2) is 21.9 Å². The lowest BCUT2D eigenvalue weighted by molar-refractivity contribution is -0.0437. The molecule has 0 aromatic carbocycles. The molecule has 0 atom stereocenters. The summed E-state index contributed by atoms with van der Waals surface area (Å²) in [6.45, 7) is -2.57. The molecule has 1 rings (SSSR count). The first-order valence-corrected chi connectivity index (χ1v) is 5.72. The van der Waals surface area contributed by atoms with Gasteiger partial charge in [0.25, 0.3) is 5.92 Å². The van der Waals surface area contributed by atoms with E-state index in [0.717, 1.165) is 6.20 Å². The molecule has 0 saturated heterocycles. The maximum absolute atomic E-state index is 12.6. The van der Waals surface area contributed by atoms with Gasteiger partial charge in [0.1, 0.15) is 11.5 Å². The monoisotopic (exact) mass is 255 g/mol. The van der Waals surface area contributed by atoms with E-state index < -0.39 is 29.1 Å². The fourth-order valence-electron chi connectivity index (χ4n) is 0.877. The zero-order valence-electron chi connectivity index (χ0n) is 8.39. The Morgan fingerprint density at radius 1 is 1.62 bits per heavy atom. The summed E-state index contributed by atoms with van der Waals surface area (Å²) < 4.78 is 51.0. The summed E-state index contributed by atoms with van der Waals surface area (Å²) >= 11 is 0. The molecule has 0 bridgehead atoms. The van der Waals surface area contributed by atoms with Crippen molar-refractivity contribution in [3.8, 4) is 0 Å². The van der Waals surface area contributed by atoms with Gasteiger partial charge < -0.3 is 5.11 Å². The first kappa shape index (κ1) is 13.0. The van der Waals surface area contributed by atoms with E-state index in [-0.39, 0.29) is 4.90 Å². The third-order valence-corrected chi connectivity index (χ3v) is 3.10. The van der Waals surface area contributed by atoms with Crippen LogP contribution in [-0.2, 0) is 17.1 Å². The van der Waals surface area contributed by atoms with Gasteiger partial charge >= 0.3 is 0 Å². The Hall–Kier alpha value is -1.06. The highest BCUT2D eigenvalue weighted by Crippen LogP contribution is 2.12. The highest BCUT2D eigenvalue weighted by Gasteiger charge is 2.30. The predicted octanol–water partition coefficient (Wildman–Crippen LogP) is -0.674. The fourth-order valence-corrected chi connectivity index (χ4v) is 1.92. The summed E-state index contributed by atoms with van der Waals surface area (Å²) in [4.78, 5) is -0.205. The van der Waals surface area contributed by atoms with E-state index in [1.807, 2.05) is 0 Å². The fraction of sp³-hybridized carbons (Fsp3) is 0.571. The summed E-state index contributed by atoms with van der Waals surface area (Å²) in [5, 5.41) is 11.9. The van der Waals surface area contributed by atoms with Crippen LogP contribution in [0.2, 0.25) is 0 Å². The van der Waals surface area contributed by atoms with Crippen molar-refractivity contribution in [2.75, 3.05) is 13.2 Å². The average molecular weight is 255 g/mol. The van der Waals surface area contributed by atoms with Gasteiger partial charge in [-0.3, -0.25) is 4.68 Å². The van der Waals surface area contributed by atoms with E-state index in [2.05, 4.69) is 5.10 Å². The molecular weight excluding hydrogens is 244 g/mol. The smallest absolute Gasteiger partial charge is 0.283 e. The molecule has 6 nitrogen and oxygen atoms in total. The maximum Gasteiger partial charge on any atom is 0.283 e. The summed E-state index contributed by atoms with van der Waals surface area (Å²) in [6.07, 6.45) is 2.22. The maximum atomic E-state index is 12.6. The van der Waals surface area contributed by atoms with Gasteiger partial charge in [-0.2, -0.15) is 5.10 Å². The number of aromatic nitrogens is 2. The van der Waals surface area contributed by atoms with Crippen molar-refractivity contribution >= 4 is 10.0 Å². The number of hydrogen-bond donors (Lipinski definition) is 2. The van der Waals surface area contributed by atoms with Crippen molar-refractivity contribution in [3.63, 3.8) is 0 Å². The molecule has 9 heteroatoms. The standard InChI is InChI=1S/C7H11F2N3O3S/c1-12-3-6(2-10-12)16(14,15)11-4-7(8,9)5-13/h2-3,11,13H,4-5H2,1H3. The minimum atomic E-state index is -4.01. The minimum absolute atomic E-state index is 0.205. The number of nitrogens with one attached hydrogen (secondary N) is 1. The predicted molar refractivity (Wildman–Crippen MR) is 50.4 cm³/mol. The lowest BCUT2D eigenvalue weighted by atomic mass is 10.4. The Morgan fingerprint density at radius 2 is 2.25 bits per heavy atom. The normalized spacial score (nSPS) is 13.0. The number of aryl methyl sites for hydroxylation is 1. The summed E-state index contributed by atoms with van der Waals surface area (Å²) in [7, 11) is -2.51. The molecule has 1 aromatic heterocycles. The molecule has 0 saturated carbocycles. The molecule has 16 heavy (non-hydrogen) atoms. The van der Waals surface area contributed by atoms with Crippen molar-refractivity contribution < 1.29 is 22.3 Å². The topological polar surface area (TPSA) is 84.2 Å². The van der Waals surface area contributed by atoms with Gasteiger partial charge in [-0.05, 0) is 0 Å². The third kappa shape index (κ3) is 3.22. The van der Waals surface area contributed by atoms with Crippen LogP contribution in [0.15, 0.2) is 17.3 Å². The van der Waals surface area contributed by atoms with Crippen LogP contribution >= 0.6 is 0 Å². The molecule has 0 aliphatic carbocycles. The van der Waals surface area contributed by atoms with Crippen molar-refractivity contribution in [3.05, 3.63) is 12.4 Å². The van der Waals surface area contributed by atoms with E-state index >= 15 is 0 Å². The van der Waals surface area contributed by atoms with Gasteiger partial charge in [0, 0.05) is 13.2 Å². The van der Waals surface area contributed by atoms with E-state index in [1.54, 1.807) is 4.72 Å². The molecule has 0 aliphatic heterocycles. The zero-order chi connectivity index (χ0) is 12.4. The van der Waals surface area contributed by atoms with Gasteiger partial charge in [-0.15, -0.1) is 0 Å². The minimum Gasteiger partial charge on any atom is -0.390 e. The Balaban J connectivity index is 2.74. The Labute approximate surface area is 90.9 Å². The number of nitrogens with zero attached hydrogens (tertiary/aromatic N) is 2. The molecule has 0 aliphatic rings. The van der Waals surface area contributed by atoms with Crippen molar-refractivity contribution in [1.29, 1.82) is 0 Å². The van der Waals surface area contributed by atoms with Crippen LogP contribution in [0.25, 0.3) is 0 Å². The summed E-state index contributed by atoms with van der Waals surface area (Å²) in [6, 6.07) is 0. The summed E-state index contributed by atoms with van der Waals surface area (Å²) in [5.74, 6) is -3.48. The van der Waals surface area contributed by atoms with Crippen molar-refractivity contribution in [2.24, 2.45) is 7.05 Å². The largest absolute Gasteiger partial charge is 0.390 e. The molecular formula is C7H11F2N3O3S. The van der Waals surface area contributed by atoms with Crippen molar-refractivity contribution in [2.45, 2.75) is 10.8 Å². The number of alkyl halides is 2. The van der Waals surface area contributed by atoms with Gasteiger partial charge in [0.15, 0.2) is 0 Å². The zero-order valence-corrected chi connectivity index (χ0v) is 9.21. The first-order chi connectivity index (χ1) is 7.27. The number of hydrogen-bond acceptors (Lipinski definition) is 4.